The Morgan fingerprint density at radius 2 is 1.70 bits per heavy atom. The summed E-state index contributed by atoms with van der Waals surface area (Å²) in [5.41, 5.74) is 3.51. The van der Waals surface area contributed by atoms with E-state index in [4.69, 9.17) is 12.6 Å². The summed E-state index contributed by atoms with van der Waals surface area (Å²) in [5.74, 6) is -0.306. The number of para-hydroxylation sites is 1. The van der Waals surface area contributed by atoms with Crippen LogP contribution in [0.5, 0.6) is 0 Å². The molecule has 0 spiro atoms. The van der Waals surface area contributed by atoms with Crippen LogP contribution in [0.25, 0.3) is 0 Å². The number of fused-ring (bicyclic) bond motifs is 1. The average Bonchev–Trinajstić information content (AvgIpc) is 2.58. The van der Waals surface area contributed by atoms with Crippen molar-refractivity contribution in [1.29, 1.82) is 0 Å². The van der Waals surface area contributed by atoms with Crippen molar-refractivity contribution in [2.24, 2.45) is 0 Å². The van der Waals surface area contributed by atoms with Crippen molar-refractivity contribution in [2.45, 2.75) is 32.6 Å². The first-order valence-corrected chi connectivity index (χ1v) is 9.46. The van der Waals surface area contributed by atoms with Crippen molar-refractivity contribution in [1.82, 2.24) is 0 Å². The third kappa shape index (κ3) is 5.22. The molecule has 128 valence electrons. The predicted molar refractivity (Wildman–Crippen MR) is 83.8 cm³/mol. The van der Waals surface area contributed by atoms with E-state index in [0.717, 1.165) is 5.69 Å². The van der Waals surface area contributed by atoms with Crippen LogP contribution >= 0.6 is 0 Å². The maximum atomic E-state index is 10.7. The van der Waals surface area contributed by atoms with E-state index in [1.54, 1.807) is 0 Å². The second kappa shape index (κ2) is 7.33. The molecule has 1 aliphatic rings. The van der Waals surface area contributed by atoms with Crippen LogP contribution in [0, 0.1) is 0 Å². The SMILES string of the molecule is CC1=[N+](CCCS(=O)(=O)[O-])c2ccccc2C1(C)C.O=S(=O)=O. The molecule has 1 heterocycles. The van der Waals surface area contributed by atoms with Crippen molar-refractivity contribution in [2.75, 3.05) is 12.3 Å². The normalized spacial score (nSPS) is 15.7. The molecule has 0 aliphatic carbocycles. The summed E-state index contributed by atoms with van der Waals surface area (Å²) in [6.45, 7) is 6.94. The van der Waals surface area contributed by atoms with E-state index < -0.39 is 20.7 Å². The highest BCUT2D eigenvalue weighted by Gasteiger charge is 2.42. The van der Waals surface area contributed by atoms with Crippen LogP contribution in [0.3, 0.4) is 0 Å². The minimum atomic E-state index is -4.13. The molecule has 0 aromatic heterocycles. The first-order chi connectivity index (χ1) is 10.5. The quantitative estimate of drug-likeness (QED) is 0.584. The summed E-state index contributed by atoms with van der Waals surface area (Å²) >= 11 is 0. The van der Waals surface area contributed by atoms with Crippen molar-refractivity contribution in [3.8, 4) is 0 Å². The Bertz CT molecular complexity index is 816. The monoisotopic (exact) mass is 361 g/mol. The van der Waals surface area contributed by atoms with E-state index >= 15 is 0 Å². The number of hydrogen-bond acceptors (Lipinski definition) is 6. The molecule has 1 aliphatic heterocycles. The smallest absolute Gasteiger partial charge is 0.425 e. The maximum absolute atomic E-state index is 10.7. The van der Waals surface area contributed by atoms with Gasteiger partial charge in [0.25, 0.3) is 0 Å². The van der Waals surface area contributed by atoms with Gasteiger partial charge in [0.2, 0.25) is 5.69 Å². The molecule has 1 aromatic carbocycles. The zero-order valence-electron chi connectivity index (χ0n) is 13.1. The van der Waals surface area contributed by atoms with E-state index in [-0.39, 0.29) is 11.2 Å². The fraction of sp³-hybridized carbons (Fsp3) is 0.500. The lowest BCUT2D eigenvalue weighted by atomic mass is 9.82. The Kier molecular flexibility index (Phi) is 6.20. The molecule has 2 rings (SSSR count). The summed E-state index contributed by atoms with van der Waals surface area (Å²) in [4.78, 5) is 0. The Morgan fingerprint density at radius 1 is 1.17 bits per heavy atom. The van der Waals surface area contributed by atoms with Crippen LogP contribution in [-0.4, -0.2) is 48.2 Å². The molecule has 0 saturated carbocycles. The van der Waals surface area contributed by atoms with Gasteiger partial charge < -0.3 is 4.55 Å². The Labute approximate surface area is 137 Å². The van der Waals surface area contributed by atoms with E-state index in [1.807, 2.05) is 18.2 Å². The van der Waals surface area contributed by atoms with Crippen molar-refractivity contribution in [3.63, 3.8) is 0 Å². The van der Waals surface area contributed by atoms with Crippen LogP contribution in [0.1, 0.15) is 32.8 Å². The number of rotatable bonds is 4. The van der Waals surface area contributed by atoms with Crippen LogP contribution in [0.15, 0.2) is 24.3 Å². The Balaban J connectivity index is 0.000000593. The molecule has 0 saturated heterocycles. The van der Waals surface area contributed by atoms with Crippen molar-refractivity contribution >= 4 is 32.1 Å². The molecule has 0 bridgehead atoms. The molecule has 0 radical (unpaired) electrons. The van der Waals surface area contributed by atoms with Gasteiger partial charge in [-0.15, -0.1) is 12.6 Å². The number of benzene rings is 1. The first kappa shape index (κ1) is 19.5. The van der Waals surface area contributed by atoms with E-state index in [9.17, 15) is 13.0 Å². The van der Waals surface area contributed by atoms with Crippen molar-refractivity contribution in [3.05, 3.63) is 29.8 Å². The summed E-state index contributed by atoms with van der Waals surface area (Å²) < 4.78 is 59.5. The molecule has 0 atom stereocenters. The van der Waals surface area contributed by atoms with Gasteiger partial charge in [-0.1, -0.05) is 18.2 Å². The molecule has 7 nitrogen and oxygen atoms in total. The van der Waals surface area contributed by atoms with Gasteiger partial charge in [-0.3, -0.25) is 0 Å². The summed E-state index contributed by atoms with van der Waals surface area (Å²) in [5, 5.41) is 0. The van der Waals surface area contributed by atoms with Crippen molar-refractivity contribution < 1.29 is 30.2 Å². The summed E-state index contributed by atoms with van der Waals surface area (Å²) in [6, 6.07) is 8.13. The highest BCUT2D eigenvalue weighted by Crippen LogP contribution is 2.39. The third-order valence-corrected chi connectivity index (χ3v) is 4.74. The predicted octanol–water partition coefficient (Wildman–Crippen LogP) is 1.01. The van der Waals surface area contributed by atoms with E-state index in [2.05, 4.69) is 31.4 Å². The number of hydrogen-bond donors (Lipinski definition) is 0. The van der Waals surface area contributed by atoms with Crippen LogP contribution < -0.4 is 0 Å². The topological polar surface area (TPSA) is 111 Å². The zero-order chi connectivity index (χ0) is 17.8. The Morgan fingerprint density at radius 3 is 2.22 bits per heavy atom. The molecule has 9 heteroatoms. The highest BCUT2D eigenvalue weighted by molar-refractivity contribution is 7.85. The van der Waals surface area contributed by atoms with Gasteiger partial charge in [0, 0.05) is 30.7 Å². The molecular weight excluding hydrogens is 342 g/mol. The second-order valence-electron chi connectivity index (χ2n) is 5.70. The maximum Gasteiger partial charge on any atom is 0.425 e. The zero-order valence-corrected chi connectivity index (χ0v) is 14.8. The van der Waals surface area contributed by atoms with Gasteiger partial charge in [0.05, 0.1) is 15.5 Å². The van der Waals surface area contributed by atoms with Gasteiger partial charge in [-0.2, -0.15) is 4.58 Å². The summed E-state index contributed by atoms with van der Waals surface area (Å²) in [6.07, 6.45) is 0.355. The van der Waals surface area contributed by atoms with Gasteiger partial charge in [0.15, 0.2) is 5.71 Å². The highest BCUT2D eigenvalue weighted by atomic mass is 32.2. The molecular formula is C14H19NO6S2. The van der Waals surface area contributed by atoms with E-state index in [0.29, 0.717) is 13.0 Å². The van der Waals surface area contributed by atoms with Crippen LogP contribution in [0.2, 0.25) is 0 Å². The minimum absolute atomic E-state index is 0.0487. The number of nitrogens with zero attached hydrogens (tertiary/aromatic N) is 1. The molecule has 0 unspecified atom stereocenters. The van der Waals surface area contributed by atoms with Crippen LogP contribution in [0.4, 0.5) is 5.69 Å². The van der Waals surface area contributed by atoms with Gasteiger partial charge in [-0.05, 0) is 13.8 Å². The average molecular weight is 361 g/mol. The standard InChI is InChI=1S/C14H19NO3S.O3S/c1-11-14(2,3)12-7-4-5-8-13(12)15(11)9-6-10-19(16,17)18;1-4(2)3/h4-5,7-8H,6,9-10H2,1-3H3;. The van der Waals surface area contributed by atoms with Gasteiger partial charge >= 0.3 is 10.6 Å². The van der Waals surface area contributed by atoms with Gasteiger partial charge in [0.1, 0.15) is 6.54 Å². The first-order valence-electron chi connectivity index (χ1n) is 6.88. The van der Waals surface area contributed by atoms with E-state index in [1.165, 1.54) is 11.3 Å². The lowest BCUT2D eigenvalue weighted by Gasteiger charge is -2.14. The summed E-state index contributed by atoms with van der Waals surface area (Å²) in [7, 11) is -7.24. The molecule has 0 amide bonds. The second-order valence-corrected chi connectivity index (χ2v) is 7.63. The van der Waals surface area contributed by atoms with Crippen LogP contribution in [-0.2, 0) is 26.1 Å². The molecule has 0 fully saturated rings. The lowest BCUT2D eigenvalue weighted by Crippen LogP contribution is -2.27. The molecule has 1 aromatic rings. The molecule has 0 N–H and O–H groups in total. The third-order valence-electron chi connectivity index (χ3n) is 3.95. The largest absolute Gasteiger partial charge is 0.748 e. The minimum Gasteiger partial charge on any atom is -0.748 e. The molecule has 23 heavy (non-hydrogen) atoms. The Hall–Kier alpha value is -1.58. The fourth-order valence-electron chi connectivity index (χ4n) is 2.64. The lowest BCUT2D eigenvalue weighted by molar-refractivity contribution is -0.438. The van der Waals surface area contributed by atoms with Gasteiger partial charge in [-0.25, -0.2) is 8.42 Å². The fourth-order valence-corrected chi connectivity index (χ4v) is 3.12.